The normalized spacial score (nSPS) is 24.8. The molecule has 1 aromatic heterocycles. The van der Waals surface area contributed by atoms with Gasteiger partial charge in [0.15, 0.2) is 0 Å². The second-order valence-corrected chi connectivity index (χ2v) is 4.36. The summed E-state index contributed by atoms with van der Waals surface area (Å²) in [6, 6.07) is 0.385. The second-order valence-electron chi connectivity index (χ2n) is 4.36. The van der Waals surface area contributed by atoms with Crippen molar-refractivity contribution in [2.75, 3.05) is 6.61 Å². The molecule has 0 aliphatic carbocycles. The number of carbonyl (C=O) groups is 1. The number of rotatable bonds is 4. The van der Waals surface area contributed by atoms with Gasteiger partial charge in [-0.2, -0.15) is 5.10 Å². The number of ether oxygens (including phenoxy) is 1. The summed E-state index contributed by atoms with van der Waals surface area (Å²) in [4.78, 5) is 10.9. The third-order valence-corrected chi connectivity index (χ3v) is 3.00. The molecule has 0 saturated carbocycles. The fraction of sp³-hybridized carbons (Fsp3) is 0.636. The Morgan fingerprint density at radius 3 is 3.29 bits per heavy atom. The van der Waals surface area contributed by atoms with Gasteiger partial charge in [0.1, 0.15) is 5.69 Å². The zero-order chi connectivity index (χ0) is 12.3. The van der Waals surface area contributed by atoms with Gasteiger partial charge in [-0.05, 0) is 19.8 Å². The number of aromatic amines is 1. The van der Waals surface area contributed by atoms with Crippen LogP contribution in [0.3, 0.4) is 0 Å². The Kier molecular flexibility index (Phi) is 3.75. The Bertz CT molecular complexity index is 391. The molecule has 0 spiro atoms. The van der Waals surface area contributed by atoms with E-state index >= 15 is 0 Å². The first-order valence-corrected chi connectivity index (χ1v) is 5.77. The van der Waals surface area contributed by atoms with Crippen molar-refractivity contribution in [3.8, 4) is 0 Å². The van der Waals surface area contributed by atoms with Crippen molar-refractivity contribution in [3.63, 3.8) is 0 Å². The molecule has 3 N–H and O–H groups in total. The first-order chi connectivity index (χ1) is 8.16. The average Bonchev–Trinajstić information content (AvgIpc) is 2.74. The predicted octanol–water partition coefficient (Wildman–Crippen LogP) is 0.765. The molecule has 2 rings (SSSR count). The van der Waals surface area contributed by atoms with Crippen LogP contribution in [0.5, 0.6) is 0 Å². The molecule has 2 atom stereocenters. The standard InChI is InChI=1S/C11H17N3O3/c1-7-4-9(2-3-17-7)12-5-8-6-13-14-10(8)11(15)16/h6-7,9,12H,2-5H2,1H3,(H,13,14)(H,15,16). The molecule has 2 heterocycles. The SMILES string of the molecule is CC1CC(NCc2cn[nH]c2C(=O)O)CCO1. The van der Waals surface area contributed by atoms with E-state index in [2.05, 4.69) is 15.5 Å². The smallest absolute Gasteiger partial charge is 0.354 e. The number of H-pyrrole nitrogens is 1. The Labute approximate surface area is 99.4 Å². The van der Waals surface area contributed by atoms with E-state index in [0.29, 0.717) is 18.2 Å². The summed E-state index contributed by atoms with van der Waals surface area (Å²) < 4.78 is 5.45. The fourth-order valence-corrected chi connectivity index (χ4v) is 2.07. The minimum atomic E-state index is -0.973. The highest BCUT2D eigenvalue weighted by Gasteiger charge is 2.20. The molecular weight excluding hydrogens is 222 g/mol. The zero-order valence-electron chi connectivity index (χ0n) is 9.77. The van der Waals surface area contributed by atoms with Crippen LogP contribution in [0.1, 0.15) is 35.8 Å². The van der Waals surface area contributed by atoms with Crippen molar-refractivity contribution in [2.45, 2.75) is 38.5 Å². The van der Waals surface area contributed by atoms with E-state index < -0.39 is 5.97 Å². The largest absolute Gasteiger partial charge is 0.477 e. The molecule has 0 bridgehead atoms. The van der Waals surface area contributed by atoms with Crippen molar-refractivity contribution < 1.29 is 14.6 Å². The Hall–Kier alpha value is -1.40. The van der Waals surface area contributed by atoms with Gasteiger partial charge in [-0.1, -0.05) is 0 Å². The van der Waals surface area contributed by atoms with Crippen LogP contribution in [-0.2, 0) is 11.3 Å². The van der Waals surface area contributed by atoms with Gasteiger partial charge in [0.05, 0.1) is 12.3 Å². The number of hydrogen-bond acceptors (Lipinski definition) is 4. The maximum Gasteiger partial charge on any atom is 0.354 e. The number of aromatic carboxylic acids is 1. The Balaban J connectivity index is 1.89. The van der Waals surface area contributed by atoms with Crippen molar-refractivity contribution in [2.24, 2.45) is 0 Å². The van der Waals surface area contributed by atoms with Gasteiger partial charge < -0.3 is 15.2 Å². The van der Waals surface area contributed by atoms with E-state index in [1.165, 1.54) is 0 Å². The average molecular weight is 239 g/mol. The molecule has 1 aliphatic heterocycles. The molecular formula is C11H17N3O3. The van der Waals surface area contributed by atoms with Gasteiger partial charge >= 0.3 is 5.97 Å². The van der Waals surface area contributed by atoms with E-state index in [0.717, 1.165) is 19.4 Å². The highest BCUT2D eigenvalue weighted by molar-refractivity contribution is 5.86. The van der Waals surface area contributed by atoms with Crippen molar-refractivity contribution >= 4 is 5.97 Å². The van der Waals surface area contributed by atoms with Gasteiger partial charge in [0.25, 0.3) is 0 Å². The summed E-state index contributed by atoms with van der Waals surface area (Å²) >= 11 is 0. The lowest BCUT2D eigenvalue weighted by molar-refractivity contribution is 0.0130. The molecule has 17 heavy (non-hydrogen) atoms. The van der Waals surface area contributed by atoms with Gasteiger partial charge in [-0.15, -0.1) is 0 Å². The zero-order valence-corrected chi connectivity index (χ0v) is 9.77. The first kappa shape index (κ1) is 12.1. The van der Waals surface area contributed by atoms with E-state index in [9.17, 15) is 4.79 Å². The van der Waals surface area contributed by atoms with Gasteiger partial charge in [-0.25, -0.2) is 4.79 Å². The molecule has 0 aromatic carbocycles. The second kappa shape index (κ2) is 5.29. The first-order valence-electron chi connectivity index (χ1n) is 5.77. The van der Waals surface area contributed by atoms with E-state index in [-0.39, 0.29) is 11.8 Å². The van der Waals surface area contributed by atoms with Crippen LogP contribution < -0.4 is 5.32 Å². The van der Waals surface area contributed by atoms with E-state index in [1.807, 2.05) is 6.92 Å². The van der Waals surface area contributed by atoms with Crippen LogP contribution in [0.4, 0.5) is 0 Å². The Morgan fingerprint density at radius 1 is 1.76 bits per heavy atom. The predicted molar refractivity (Wildman–Crippen MR) is 60.8 cm³/mol. The molecule has 94 valence electrons. The number of hydrogen-bond donors (Lipinski definition) is 3. The van der Waals surface area contributed by atoms with Crippen molar-refractivity contribution in [1.29, 1.82) is 0 Å². The monoisotopic (exact) mass is 239 g/mol. The van der Waals surface area contributed by atoms with Crippen LogP contribution in [0, 0.1) is 0 Å². The lowest BCUT2D eigenvalue weighted by Crippen LogP contribution is -2.37. The molecule has 0 amide bonds. The summed E-state index contributed by atoms with van der Waals surface area (Å²) in [5.74, 6) is -0.973. The van der Waals surface area contributed by atoms with Crippen LogP contribution >= 0.6 is 0 Å². The van der Waals surface area contributed by atoms with Crippen LogP contribution in [0.2, 0.25) is 0 Å². The van der Waals surface area contributed by atoms with Gasteiger partial charge in [0, 0.05) is 24.8 Å². The summed E-state index contributed by atoms with van der Waals surface area (Å²) in [5.41, 5.74) is 0.856. The molecule has 6 nitrogen and oxygen atoms in total. The molecule has 1 fully saturated rings. The molecule has 1 aromatic rings. The summed E-state index contributed by atoms with van der Waals surface area (Å²) in [6.45, 7) is 3.33. The third-order valence-electron chi connectivity index (χ3n) is 3.00. The van der Waals surface area contributed by atoms with Crippen molar-refractivity contribution in [3.05, 3.63) is 17.5 Å². The highest BCUT2D eigenvalue weighted by atomic mass is 16.5. The number of nitrogens with one attached hydrogen (secondary N) is 2. The van der Waals surface area contributed by atoms with Crippen molar-refractivity contribution in [1.82, 2.24) is 15.5 Å². The minimum absolute atomic E-state index is 0.164. The van der Waals surface area contributed by atoms with Crippen LogP contribution in [0.25, 0.3) is 0 Å². The Morgan fingerprint density at radius 2 is 2.59 bits per heavy atom. The quantitative estimate of drug-likeness (QED) is 0.722. The fourth-order valence-electron chi connectivity index (χ4n) is 2.07. The molecule has 1 aliphatic rings. The van der Waals surface area contributed by atoms with E-state index in [1.54, 1.807) is 6.20 Å². The van der Waals surface area contributed by atoms with Crippen LogP contribution in [-0.4, -0.2) is 40.0 Å². The number of aromatic nitrogens is 2. The summed E-state index contributed by atoms with van der Waals surface area (Å²) in [6.07, 6.45) is 3.74. The van der Waals surface area contributed by atoms with Gasteiger partial charge in [-0.3, -0.25) is 5.10 Å². The minimum Gasteiger partial charge on any atom is -0.477 e. The number of carboxylic acid groups (broad SMARTS) is 1. The third kappa shape index (κ3) is 3.04. The number of nitrogens with zero attached hydrogens (tertiary/aromatic N) is 1. The number of carboxylic acids is 1. The molecule has 6 heteroatoms. The molecule has 0 radical (unpaired) electrons. The van der Waals surface area contributed by atoms with Crippen LogP contribution in [0.15, 0.2) is 6.20 Å². The maximum atomic E-state index is 10.9. The topological polar surface area (TPSA) is 87.2 Å². The highest BCUT2D eigenvalue weighted by Crippen LogP contribution is 2.14. The van der Waals surface area contributed by atoms with E-state index in [4.69, 9.17) is 9.84 Å². The lowest BCUT2D eigenvalue weighted by Gasteiger charge is -2.28. The summed E-state index contributed by atoms with van der Waals surface area (Å²) in [7, 11) is 0. The maximum absolute atomic E-state index is 10.9. The molecule has 2 unspecified atom stereocenters. The lowest BCUT2D eigenvalue weighted by atomic mass is 10.0. The molecule has 1 saturated heterocycles. The summed E-state index contributed by atoms with van der Waals surface area (Å²) in [5, 5.41) is 18.5. The van der Waals surface area contributed by atoms with Gasteiger partial charge in [0.2, 0.25) is 0 Å².